The van der Waals surface area contributed by atoms with Gasteiger partial charge in [-0.1, -0.05) is 163 Å². The molecule has 0 bridgehead atoms. The van der Waals surface area contributed by atoms with Crippen molar-refractivity contribution in [3.63, 3.8) is 0 Å². The Morgan fingerprint density at radius 1 is 0.360 bits per heavy atom. The molecular formula is C46H29N3S. The molecule has 0 saturated heterocycles. The summed E-state index contributed by atoms with van der Waals surface area (Å²) in [7, 11) is 0. The molecule has 0 amide bonds. The smallest absolute Gasteiger partial charge is 0.182 e. The lowest BCUT2D eigenvalue weighted by Crippen LogP contribution is -2.31. The van der Waals surface area contributed by atoms with E-state index >= 15 is 0 Å². The van der Waals surface area contributed by atoms with Crippen LogP contribution < -0.4 is 0 Å². The standard InChI is InChI=1S/C46H29N3S/c1-3-14-30(15-4-1)43-44(48-49-45(47-43)31-16-5-2-6-17-31)34-19-13-18-32(28-34)33-26-27-38-36(29-33)35-20-7-8-21-37(35)46(38)39-22-9-11-24-41(39)50-42-25-12-10-23-40(42)46/h1-29H. The van der Waals surface area contributed by atoms with Crippen LogP contribution in [0.15, 0.2) is 186 Å². The lowest BCUT2D eigenvalue weighted by Gasteiger charge is -2.39. The Kier molecular flexibility index (Phi) is 6.64. The first-order valence-electron chi connectivity index (χ1n) is 16.9. The Labute approximate surface area is 295 Å². The molecule has 0 atom stereocenters. The Balaban J connectivity index is 1.14. The van der Waals surface area contributed by atoms with E-state index in [1.165, 1.54) is 43.2 Å². The van der Waals surface area contributed by atoms with E-state index in [2.05, 4.69) is 132 Å². The fourth-order valence-electron chi connectivity index (χ4n) is 7.91. The van der Waals surface area contributed by atoms with Gasteiger partial charge in [0.25, 0.3) is 0 Å². The van der Waals surface area contributed by atoms with Crippen LogP contribution in [0.1, 0.15) is 22.3 Å². The van der Waals surface area contributed by atoms with E-state index in [0.29, 0.717) is 5.82 Å². The molecule has 2 heterocycles. The van der Waals surface area contributed by atoms with E-state index in [-0.39, 0.29) is 5.41 Å². The summed E-state index contributed by atoms with van der Waals surface area (Å²) in [5, 5.41) is 9.42. The number of fused-ring (bicyclic) bond motifs is 9. The van der Waals surface area contributed by atoms with Crippen molar-refractivity contribution in [2.75, 3.05) is 0 Å². The molecular weight excluding hydrogens is 627 g/mol. The molecule has 1 aliphatic carbocycles. The van der Waals surface area contributed by atoms with Crippen molar-refractivity contribution < 1.29 is 0 Å². The third-order valence-electron chi connectivity index (χ3n) is 10.1. The summed E-state index contributed by atoms with van der Waals surface area (Å²) in [6.07, 6.45) is 0. The highest BCUT2D eigenvalue weighted by molar-refractivity contribution is 7.99. The maximum Gasteiger partial charge on any atom is 0.182 e. The molecule has 7 aromatic carbocycles. The lowest BCUT2D eigenvalue weighted by atomic mass is 9.67. The second-order valence-corrected chi connectivity index (χ2v) is 13.9. The molecule has 10 rings (SSSR count). The van der Waals surface area contributed by atoms with Crippen molar-refractivity contribution in [3.8, 4) is 56.2 Å². The molecule has 234 valence electrons. The molecule has 0 N–H and O–H groups in total. The van der Waals surface area contributed by atoms with Gasteiger partial charge in [0.1, 0.15) is 11.4 Å². The average molecular weight is 656 g/mol. The van der Waals surface area contributed by atoms with Gasteiger partial charge >= 0.3 is 0 Å². The van der Waals surface area contributed by atoms with Crippen molar-refractivity contribution in [3.05, 3.63) is 198 Å². The summed E-state index contributed by atoms with van der Waals surface area (Å²) < 4.78 is 0. The summed E-state index contributed by atoms with van der Waals surface area (Å²) in [6.45, 7) is 0. The minimum absolute atomic E-state index is 0.378. The third kappa shape index (κ3) is 4.35. The monoisotopic (exact) mass is 655 g/mol. The Hall–Kier alpha value is -6.10. The first-order chi connectivity index (χ1) is 24.8. The summed E-state index contributed by atoms with van der Waals surface area (Å²) >= 11 is 1.87. The molecule has 4 heteroatoms. The highest BCUT2D eigenvalue weighted by atomic mass is 32.2. The summed E-state index contributed by atoms with van der Waals surface area (Å²) in [6, 6.07) is 62.8. The van der Waals surface area contributed by atoms with Gasteiger partial charge in [-0.05, 0) is 68.8 Å². The van der Waals surface area contributed by atoms with Crippen molar-refractivity contribution in [1.82, 2.24) is 15.2 Å². The van der Waals surface area contributed by atoms with Crippen LogP contribution in [0.4, 0.5) is 0 Å². The van der Waals surface area contributed by atoms with Gasteiger partial charge in [0.15, 0.2) is 5.82 Å². The van der Waals surface area contributed by atoms with Gasteiger partial charge in [-0.25, -0.2) is 4.98 Å². The molecule has 1 aliphatic heterocycles. The molecule has 8 aromatic rings. The zero-order chi connectivity index (χ0) is 33.1. The second-order valence-electron chi connectivity index (χ2n) is 12.8. The van der Waals surface area contributed by atoms with Gasteiger partial charge in [-0.3, -0.25) is 0 Å². The summed E-state index contributed by atoms with van der Waals surface area (Å²) in [4.78, 5) is 7.70. The molecule has 0 fully saturated rings. The van der Waals surface area contributed by atoms with E-state index < -0.39 is 0 Å². The zero-order valence-corrected chi connectivity index (χ0v) is 27.8. The van der Waals surface area contributed by atoms with Gasteiger partial charge in [0.05, 0.1) is 5.41 Å². The number of rotatable bonds is 4. The van der Waals surface area contributed by atoms with E-state index in [4.69, 9.17) is 10.1 Å². The minimum Gasteiger partial charge on any atom is -0.224 e. The molecule has 0 saturated carbocycles. The van der Waals surface area contributed by atoms with Gasteiger partial charge < -0.3 is 0 Å². The number of hydrogen-bond acceptors (Lipinski definition) is 4. The largest absolute Gasteiger partial charge is 0.224 e. The Morgan fingerprint density at radius 3 is 1.66 bits per heavy atom. The third-order valence-corrected chi connectivity index (χ3v) is 11.2. The first kappa shape index (κ1) is 28.9. The maximum absolute atomic E-state index is 5.07. The lowest BCUT2D eigenvalue weighted by molar-refractivity contribution is 0.722. The van der Waals surface area contributed by atoms with Crippen LogP contribution in [0.5, 0.6) is 0 Å². The molecule has 0 unspecified atom stereocenters. The van der Waals surface area contributed by atoms with Crippen LogP contribution in [0.3, 0.4) is 0 Å². The highest BCUT2D eigenvalue weighted by Crippen LogP contribution is 2.62. The fraction of sp³-hybridized carbons (Fsp3) is 0.0217. The van der Waals surface area contributed by atoms with Gasteiger partial charge in [0.2, 0.25) is 0 Å². The fourth-order valence-corrected chi connectivity index (χ4v) is 9.10. The van der Waals surface area contributed by atoms with Crippen LogP contribution in [0, 0.1) is 0 Å². The number of aromatic nitrogens is 3. The molecule has 50 heavy (non-hydrogen) atoms. The van der Waals surface area contributed by atoms with Crippen LogP contribution in [0.25, 0.3) is 56.2 Å². The zero-order valence-electron chi connectivity index (χ0n) is 27.0. The SMILES string of the molecule is c1ccc(-c2nnc(-c3cccc(-c4ccc5c(c4)-c4ccccc4C54c5ccccc5Sc5ccccc54)c3)c(-c3ccccc3)n2)cc1. The molecule has 1 aromatic heterocycles. The van der Waals surface area contributed by atoms with Crippen LogP contribution in [-0.4, -0.2) is 15.2 Å². The highest BCUT2D eigenvalue weighted by Gasteiger charge is 2.50. The number of nitrogens with zero attached hydrogens (tertiary/aromatic N) is 3. The predicted octanol–water partition coefficient (Wildman–Crippen LogP) is 11.4. The molecule has 3 nitrogen and oxygen atoms in total. The molecule has 2 aliphatic rings. The Bertz CT molecular complexity index is 2530. The van der Waals surface area contributed by atoms with Crippen LogP contribution in [0.2, 0.25) is 0 Å². The maximum atomic E-state index is 5.07. The number of hydrogen-bond donors (Lipinski definition) is 0. The molecule has 0 radical (unpaired) electrons. The summed E-state index contributed by atoms with van der Waals surface area (Å²) in [5.74, 6) is 0.611. The van der Waals surface area contributed by atoms with Gasteiger partial charge in [-0.15, -0.1) is 10.2 Å². The van der Waals surface area contributed by atoms with Crippen LogP contribution >= 0.6 is 11.8 Å². The van der Waals surface area contributed by atoms with Gasteiger partial charge in [-0.2, -0.15) is 0 Å². The molecule has 1 spiro atoms. The quantitative estimate of drug-likeness (QED) is 0.189. The normalized spacial score (nSPS) is 13.3. The topological polar surface area (TPSA) is 38.7 Å². The van der Waals surface area contributed by atoms with E-state index in [9.17, 15) is 0 Å². The van der Waals surface area contributed by atoms with Crippen molar-refractivity contribution in [2.45, 2.75) is 15.2 Å². The summed E-state index contributed by atoms with van der Waals surface area (Å²) in [5.41, 5.74) is 14.3. The van der Waals surface area contributed by atoms with E-state index in [1.54, 1.807) is 0 Å². The minimum atomic E-state index is -0.378. The number of benzene rings is 7. The van der Waals surface area contributed by atoms with Crippen molar-refractivity contribution >= 4 is 11.8 Å². The Morgan fingerprint density at radius 2 is 0.920 bits per heavy atom. The average Bonchev–Trinajstić information content (AvgIpc) is 3.48. The van der Waals surface area contributed by atoms with E-state index in [1.807, 2.05) is 60.3 Å². The van der Waals surface area contributed by atoms with Crippen LogP contribution in [-0.2, 0) is 5.41 Å². The second kappa shape index (κ2) is 11.5. The van der Waals surface area contributed by atoms with E-state index in [0.717, 1.165) is 39.2 Å². The van der Waals surface area contributed by atoms with Crippen molar-refractivity contribution in [1.29, 1.82) is 0 Å². The van der Waals surface area contributed by atoms with Gasteiger partial charge in [0, 0.05) is 26.5 Å². The predicted molar refractivity (Wildman–Crippen MR) is 203 cm³/mol. The van der Waals surface area contributed by atoms with Crippen molar-refractivity contribution in [2.24, 2.45) is 0 Å². The first-order valence-corrected chi connectivity index (χ1v) is 17.7.